The topological polar surface area (TPSA) is 84.7 Å². The number of hydrogen-bond acceptors (Lipinski definition) is 5. The van der Waals surface area contributed by atoms with Gasteiger partial charge in [0.1, 0.15) is 12.4 Å². The largest absolute Gasteiger partial charge is 0.416 e. The minimum Gasteiger partial charge on any atom is -0.366 e. The molecule has 222 valence electrons. The molecule has 0 unspecified atom stereocenters. The van der Waals surface area contributed by atoms with Crippen LogP contribution in [0.4, 0.5) is 28.9 Å². The zero-order chi connectivity index (χ0) is 31.1. The maximum Gasteiger partial charge on any atom is 0.416 e. The number of anilines is 2. The van der Waals surface area contributed by atoms with Gasteiger partial charge in [0.15, 0.2) is 11.3 Å². The summed E-state index contributed by atoms with van der Waals surface area (Å²) in [6.45, 7) is 3.16. The summed E-state index contributed by atoms with van der Waals surface area (Å²) in [5, 5.41) is 9.12. The van der Waals surface area contributed by atoms with Crippen LogP contribution >= 0.6 is 0 Å². The van der Waals surface area contributed by atoms with Crippen molar-refractivity contribution in [1.29, 1.82) is 5.26 Å². The first kappa shape index (κ1) is 29.8. The maximum atomic E-state index is 15.0. The van der Waals surface area contributed by atoms with Gasteiger partial charge in [-0.15, -0.1) is 0 Å². The van der Waals surface area contributed by atoms with Crippen LogP contribution in [-0.4, -0.2) is 47.7 Å². The highest BCUT2D eigenvalue weighted by Gasteiger charge is 2.60. The monoisotopic (exact) mass is 592 g/mol. The molecule has 0 aromatic heterocycles. The third kappa shape index (κ3) is 5.33. The number of carbonyl (C=O) groups is 3. The fraction of sp³-hybridized carbons (Fsp3) is 0.312. The Balaban J connectivity index is 1.51. The van der Waals surface area contributed by atoms with Gasteiger partial charge < -0.3 is 9.80 Å². The van der Waals surface area contributed by atoms with E-state index in [1.165, 1.54) is 29.2 Å². The summed E-state index contributed by atoms with van der Waals surface area (Å²) in [5.41, 5.74) is 0.169. The highest BCUT2D eigenvalue weighted by Crippen LogP contribution is 2.40. The third-order valence-corrected chi connectivity index (χ3v) is 8.11. The first-order valence-electron chi connectivity index (χ1n) is 13.8. The number of rotatable bonds is 7. The van der Waals surface area contributed by atoms with Crippen LogP contribution in [0.25, 0.3) is 0 Å². The van der Waals surface area contributed by atoms with E-state index in [0.29, 0.717) is 29.7 Å². The first-order valence-corrected chi connectivity index (χ1v) is 13.8. The average Bonchev–Trinajstić information content (AvgIpc) is 2.97. The molecule has 0 aliphatic carbocycles. The molecule has 5 rings (SSSR count). The van der Waals surface area contributed by atoms with Crippen molar-refractivity contribution >= 4 is 29.0 Å². The van der Waals surface area contributed by atoms with Gasteiger partial charge in [-0.25, -0.2) is 4.39 Å². The molecule has 0 N–H and O–H groups in total. The lowest BCUT2D eigenvalue weighted by atomic mass is 9.82. The lowest BCUT2D eigenvalue weighted by molar-refractivity contribution is -0.153. The number of ketones is 1. The zero-order valence-electron chi connectivity index (χ0n) is 23.5. The number of hydrogen-bond donors (Lipinski definition) is 0. The minimum absolute atomic E-state index is 0.0238. The Morgan fingerprint density at radius 2 is 1.70 bits per heavy atom. The second-order valence-electron chi connectivity index (χ2n) is 10.7. The molecule has 0 radical (unpaired) electrons. The molecule has 2 amide bonds. The summed E-state index contributed by atoms with van der Waals surface area (Å²) in [7, 11) is 0. The van der Waals surface area contributed by atoms with E-state index >= 15 is 4.39 Å². The molecule has 0 atom stereocenters. The summed E-state index contributed by atoms with van der Waals surface area (Å²) < 4.78 is 54.4. The second kappa shape index (κ2) is 11.2. The van der Waals surface area contributed by atoms with E-state index in [0.717, 1.165) is 28.7 Å². The summed E-state index contributed by atoms with van der Waals surface area (Å²) in [4.78, 5) is 44.6. The van der Waals surface area contributed by atoms with Gasteiger partial charge in [-0.2, -0.15) is 18.4 Å². The molecule has 2 fully saturated rings. The quantitative estimate of drug-likeness (QED) is 0.267. The predicted octanol–water partition coefficient (Wildman–Crippen LogP) is 5.51. The Kier molecular flexibility index (Phi) is 7.73. The van der Waals surface area contributed by atoms with E-state index in [2.05, 4.69) is 0 Å². The smallest absolute Gasteiger partial charge is 0.366 e. The molecular weight excluding hydrogens is 564 g/mol. The van der Waals surface area contributed by atoms with E-state index < -0.39 is 41.5 Å². The van der Waals surface area contributed by atoms with E-state index in [4.69, 9.17) is 5.26 Å². The number of halogens is 4. The molecule has 0 saturated carbocycles. The number of benzene rings is 3. The average molecular weight is 593 g/mol. The van der Waals surface area contributed by atoms with Crippen LogP contribution in [0, 0.1) is 17.1 Å². The van der Waals surface area contributed by atoms with Crippen molar-refractivity contribution in [3.63, 3.8) is 0 Å². The van der Waals surface area contributed by atoms with Crippen LogP contribution in [0.5, 0.6) is 0 Å². The van der Waals surface area contributed by atoms with Crippen molar-refractivity contribution in [2.24, 2.45) is 0 Å². The highest BCUT2D eigenvalue weighted by atomic mass is 19.4. The van der Waals surface area contributed by atoms with E-state index in [9.17, 15) is 27.6 Å². The van der Waals surface area contributed by atoms with Gasteiger partial charge in [0.05, 0.1) is 36.0 Å². The predicted molar refractivity (Wildman–Crippen MR) is 151 cm³/mol. The van der Waals surface area contributed by atoms with Crippen LogP contribution in [0.1, 0.15) is 52.9 Å². The van der Waals surface area contributed by atoms with Crippen LogP contribution in [0.15, 0.2) is 60.7 Å². The molecule has 0 bridgehead atoms. The number of piperazine rings is 1. The number of nitrogens with zero attached hydrogens (tertiary/aromatic N) is 4. The molecule has 43 heavy (non-hydrogen) atoms. The number of aryl methyl sites for hydroxylation is 1. The Labute approximate surface area is 245 Å². The summed E-state index contributed by atoms with van der Waals surface area (Å²) in [6, 6.07) is 15.3. The second-order valence-corrected chi connectivity index (χ2v) is 10.7. The van der Waals surface area contributed by atoms with Gasteiger partial charge in [-0.05, 0) is 60.0 Å². The fourth-order valence-electron chi connectivity index (χ4n) is 5.70. The van der Waals surface area contributed by atoms with Gasteiger partial charge >= 0.3 is 6.18 Å². The summed E-state index contributed by atoms with van der Waals surface area (Å²) in [5.74, 6) is -1.91. The standard InChI is InChI=1S/C32H28F4N4O3/c1-3-22-8-11-24(14-25(22)28(41)4-2)38-18-31(19-38)30(43)39(27-12-7-21(15-37)13-26(27)33)17-29(42)40(31)16-20-5-9-23(10-6-20)32(34,35)36/h5-14H,3-4,16-19H2,1-2H3. The molecule has 3 aromatic carbocycles. The Morgan fingerprint density at radius 1 is 1.00 bits per heavy atom. The number of carbonyl (C=O) groups excluding carboxylic acids is 3. The molecule has 2 saturated heterocycles. The van der Waals surface area contributed by atoms with Crippen molar-refractivity contribution in [3.8, 4) is 6.07 Å². The van der Waals surface area contributed by atoms with Gasteiger partial charge in [0.25, 0.3) is 5.91 Å². The molecule has 7 nitrogen and oxygen atoms in total. The maximum absolute atomic E-state index is 15.0. The number of alkyl halides is 3. The number of Topliss-reactive ketones (excluding diaryl/α,β-unsaturated/α-hetero) is 1. The Hall–Kier alpha value is -4.72. The normalized spacial score (nSPS) is 16.3. The number of amides is 2. The lowest BCUT2D eigenvalue weighted by Crippen LogP contribution is -2.81. The van der Waals surface area contributed by atoms with Crippen molar-refractivity contribution in [3.05, 3.63) is 94.3 Å². The first-order chi connectivity index (χ1) is 20.4. The molecule has 11 heteroatoms. The van der Waals surface area contributed by atoms with Gasteiger partial charge in [-0.3, -0.25) is 19.3 Å². The van der Waals surface area contributed by atoms with Crippen molar-refractivity contribution in [2.45, 2.75) is 44.9 Å². The fourth-order valence-corrected chi connectivity index (χ4v) is 5.70. The van der Waals surface area contributed by atoms with E-state index in [-0.39, 0.29) is 36.7 Å². The Morgan fingerprint density at radius 3 is 2.28 bits per heavy atom. The molecule has 1 spiro atoms. The van der Waals surface area contributed by atoms with Crippen LogP contribution < -0.4 is 9.80 Å². The summed E-state index contributed by atoms with van der Waals surface area (Å²) >= 11 is 0. The SMILES string of the molecule is CCC(=O)c1cc(N2CC3(C2)C(=O)N(c2ccc(C#N)cc2F)CC(=O)N3Cc2ccc(C(F)(F)F)cc2)ccc1CC. The Bertz CT molecular complexity index is 1640. The van der Waals surface area contributed by atoms with Gasteiger partial charge in [0, 0.05) is 24.2 Å². The van der Waals surface area contributed by atoms with E-state index in [1.54, 1.807) is 13.0 Å². The molecule has 3 aromatic rings. The third-order valence-electron chi connectivity index (χ3n) is 8.11. The molecular formula is C32H28F4N4O3. The van der Waals surface area contributed by atoms with Crippen LogP contribution in [0.3, 0.4) is 0 Å². The molecule has 2 aliphatic rings. The summed E-state index contributed by atoms with van der Waals surface area (Å²) in [6.07, 6.45) is -3.55. The van der Waals surface area contributed by atoms with Crippen LogP contribution in [-0.2, 0) is 28.7 Å². The zero-order valence-corrected chi connectivity index (χ0v) is 23.5. The lowest BCUT2D eigenvalue weighted by Gasteiger charge is -2.58. The van der Waals surface area contributed by atoms with Gasteiger partial charge in [-0.1, -0.05) is 32.0 Å². The minimum atomic E-state index is -4.53. The van der Waals surface area contributed by atoms with Crippen molar-refractivity contribution < 1.29 is 31.9 Å². The highest BCUT2D eigenvalue weighted by molar-refractivity contribution is 6.11. The van der Waals surface area contributed by atoms with Crippen molar-refractivity contribution in [1.82, 2.24) is 4.90 Å². The molecule has 2 aliphatic heterocycles. The van der Waals surface area contributed by atoms with Gasteiger partial charge in [0.2, 0.25) is 5.91 Å². The van der Waals surface area contributed by atoms with E-state index in [1.807, 2.05) is 30.0 Å². The van der Waals surface area contributed by atoms with Crippen LogP contribution in [0.2, 0.25) is 0 Å². The number of nitriles is 1. The molecule has 2 heterocycles. The van der Waals surface area contributed by atoms with Crippen molar-refractivity contribution in [2.75, 3.05) is 29.4 Å².